The number of aliphatic hydroxyl groups excluding tert-OH is 1. The van der Waals surface area contributed by atoms with Crippen LogP contribution in [-0.2, 0) is 16.2 Å². The van der Waals surface area contributed by atoms with E-state index in [9.17, 15) is 19.1 Å². The number of ether oxygens (including phenoxy) is 2. The number of carbonyl (C=O) groups excluding carboxylic acids is 2. The summed E-state index contributed by atoms with van der Waals surface area (Å²) in [6.07, 6.45) is 0. The van der Waals surface area contributed by atoms with E-state index in [-0.39, 0.29) is 23.4 Å². The number of Topliss-reactive ketones (excluding diaryl/α,β-unsaturated/α-hetero) is 1. The molecule has 1 unspecified atom stereocenters. The fraction of sp³-hybridized carbons (Fsp3) is 0.312. The van der Waals surface area contributed by atoms with Crippen LogP contribution in [0.1, 0.15) is 43.5 Å². The Kier molecular flexibility index (Phi) is 9.56. The number of hydrogen-bond acceptors (Lipinski definition) is 6. The van der Waals surface area contributed by atoms with Gasteiger partial charge in [-0.05, 0) is 67.5 Å². The number of likely N-dealkylation sites (tertiary alicyclic amines) is 1. The van der Waals surface area contributed by atoms with Crippen molar-refractivity contribution in [1.82, 2.24) is 9.80 Å². The quantitative estimate of drug-likeness (QED) is 0.182. The topological polar surface area (TPSA) is 79.3 Å². The zero-order valence-electron chi connectivity index (χ0n) is 23.1. The first-order valence-electron chi connectivity index (χ1n) is 13.6. The van der Waals surface area contributed by atoms with Gasteiger partial charge in [0.2, 0.25) is 0 Å². The number of likely N-dealkylation sites (N-methyl/N-ethyl adjacent to an activating group) is 1. The van der Waals surface area contributed by atoms with Crippen LogP contribution in [0.15, 0.2) is 78.4 Å². The molecule has 7 nitrogen and oxygen atoms in total. The van der Waals surface area contributed by atoms with Gasteiger partial charge >= 0.3 is 0 Å². The molecule has 0 radical (unpaired) electrons. The molecule has 1 N–H and O–H groups in total. The summed E-state index contributed by atoms with van der Waals surface area (Å²) in [5, 5.41) is 11.2. The average Bonchev–Trinajstić information content (AvgIpc) is 3.23. The van der Waals surface area contributed by atoms with E-state index >= 15 is 0 Å². The van der Waals surface area contributed by atoms with Crippen LogP contribution in [-0.4, -0.2) is 59.4 Å². The van der Waals surface area contributed by atoms with Gasteiger partial charge in [0.25, 0.3) is 11.7 Å². The molecule has 1 aliphatic rings. The van der Waals surface area contributed by atoms with Gasteiger partial charge in [0.15, 0.2) is 11.5 Å². The Morgan fingerprint density at radius 2 is 1.62 bits per heavy atom. The SMILES string of the molecule is CCOc1cc(C2/C(=C(\O)c3ccc(F)cc3)C(=O)C(=O)N2CCN(CC)CC)ccc1OCc1ccccc1. The second kappa shape index (κ2) is 13.3. The maximum Gasteiger partial charge on any atom is 0.295 e. The lowest BCUT2D eigenvalue weighted by molar-refractivity contribution is -0.140. The summed E-state index contributed by atoms with van der Waals surface area (Å²) in [7, 11) is 0. The molecule has 0 saturated carbocycles. The number of ketones is 1. The largest absolute Gasteiger partial charge is 0.507 e. The van der Waals surface area contributed by atoms with E-state index in [0.717, 1.165) is 18.7 Å². The molecule has 4 rings (SSSR count). The smallest absolute Gasteiger partial charge is 0.295 e. The highest BCUT2D eigenvalue weighted by atomic mass is 19.1. The minimum Gasteiger partial charge on any atom is -0.507 e. The maximum absolute atomic E-state index is 13.6. The second-order valence-corrected chi connectivity index (χ2v) is 9.44. The lowest BCUT2D eigenvalue weighted by atomic mass is 9.95. The fourth-order valence-electron chi connectivity index (χ4n) is 4.83. The molecule has 1 saturated heterocycles. The number of rotatable bonds is 12. The van der Waals surface area contributed by atoms with Crippen molar-refractivity contribution in [1.29, 1.82) is 0 Å². The Balaban J connectivity index is 1.76. The summed E-state index contributed by atoms with van der Waals surface area (Å²) in [5.41, 5.74) is 1.80. The molecule has 0 spiro atoms. The van der Waals surface area contributed by atoms with Gasteiger partial charge in [-0.3, -0.25) is 9.59 Å². The van der Waals surface area contributed by atoms with Crippen LogP contribution in [0.4, 0.5) is 4.39 Å². The summed E-state index contributed by atoms with van der Waals surface area (Å²) in [6.45, 7) is 9.08. The van der Waals surface area contributed by atoms with Crippen molar-refractivity contribution >= 4 is 17.4 Å². The van der Waals surface area contributed by atoms with Gasteiger partial charge in [-0.1, -0.05) is 50.2 Å². The normalized spacial score (nSPS) is 16.5. The summed E-state index contributed by atoms with van der Waals surface area (Å²) >= 11 is 0. The van der Waals surface area contributed by atoms with Gasteiger partial charge in [0, 0.05) is 18.7 Å². The summed E-state index contributed by atoms with van der Waals surface area (Å²) < 4.78 is 25.5. The summed E-state index contributed by atoms with van der Waals surface area (Å²) in [4.78, 5) is 30.3. The van der Waals surface area contributed by atoms with Crippen LogP contribution < -0.4 is 9.47 Å². The lowest BCUT2D eigenvalue weighted by Crippen LogP contribution is -2.38. The third-order valence-electron chi connectivity index (χ3n) is 7.03. The highest BCUT2D eigenvalue weighted by Gasteiger charge is 2.46. The second-order valence-electron chi connectivity index (χ2n) is 9.44. The number of halogens is 1. The Morgan fingerprint density at radius 3 is 2.27 bits per heavy atom. The molecule has 3 aromatic carbocycles. The molecule has 0 bridgehead atoms. The van der Waals surface area contributed by atoms with E-state index in [4.69, 9.17) is 9.47 Å². The molecule has 1 fully saturated rings. The molecule has 0 aliphatic carbocycles. The minimum atomic E-state index is -0.858. The van der Waals surface area contributed by atoms with Gasteiger partial charge < -0.3 is 24.4 Å². The third-order valence-corrected chi connectivity index (χ3v) is 7.03. The Bertz CT molecular complexity index is 1350. The van der Waals surface area contributed by atoms with Gasteiger partial charge in [-0.2, -0.15) is 0 Å². The first-order valence-corrected chi connectivity index (χ1v) is 13.6. The van der Waals surface area contributed by atoms with Gasteiger partial charge in [-0.25, -0.2) is 4.39 Å². The van der Waals surface area contributed by atoms with Crippen LogP contribution in [0.3, 0.4) is 0 Å². The zero-order valence-corrected chi connectivity index (χ0v) is 23.1. The number of amides is 1. The number of benzene rings is 3. The molecule has 8 heteroatoms. The molecule has 40 heavy (non-hydrogen) atoms. The molecule has 1 heterocycles. The first-order chi connectivity index (χ1) is 19.4. The Morgan fingerprint density at radius 1 is 0.925 bits per heavy atom. The van der Waals surface area contributed by atoms with E-state index in [0.29, 0.717) is 36.8 Å². The highest BCUT2D eigenvalue weighted by molar-refractivity contribution is 6.46. The summed E-state index contributed by atoms with van der Waals surface area (Å²) in [6, 6.07) is 19.3. The summed E-state index contributed by atoms with van der Waals surface area (Å²) in [5.74, 6) is -1.31. The van der Waals surface area contributed by atoms with Crippen LogP contribution >= 0.6 is 0 Å². The van der Waals surface area contributed by atoms with Crippen molar-refractivity contribution < 1.29 is 28.6 Å². The van der Waals surface area contributed by atoms with Crippen molar-refractivity contribution in [3.63, 3.8) is 0 Å². The van der Waals surface area contributed by atoms with E-state index < -0.39 is 23.5 Å². The standard InChI is InChI=1S/C32H35FN2O5/c1-4-34(5-2)18-19-35-29(28(31(37)32(35)38)30(36)23-12-15-25(33)16-13-23)24-14-17-26(27(20-24)39-6-3)40-21-22-10-8-7-9-11-22/h7-17,20,29,36H,4-6,18-19,21H2,1-3H3/b30-28+. The van der Waals surface area contributed by atoms with Crippen molar-refractivity contribution in [3.05, 3.63) is 101 Å². The van der Waals surface area contributed by atoms with Crippen LogP contribution in [0.2, 0.25) is 0 Å². The molecule has 210 valence electrons. The van der Waals surface area contributed by atoms with Crippen molar-refractivity contribution in [2.45, 2.75) is 33.4 Å². The highest BCUT2D eigenvalue weighted by Crippen LogP contribution is 2.42. The predicted molar refractivity (Wildman–Crippen MR) is 152 cm³/mol. The molecule has 0 aromatic heterocycles. The third kappa shape index (κ3) is 6.34. The monoisotopic (exact) mass is 546 g/mol. The van der Waals surface area contributed by atoms with E-state index in [1.807, 2.05) is 51.1 Å². The molecular weight excluding hydrogens is 511 g/mol. The maximum atomic E-state index is 13.6. The number of carbonyl (C=O) groups is 2. The van der Waals surface area contributed by atoms with Gasteiger partial charge in [0.1, 0.15) is 18.2 Å². The van der Waals surface area contributed by atoms with Crippen molar-refractivity contribution in [2.24, 2.45) is 0 Å². The molecular formula is C32H35FN2O5. The molecule has 1 aliphatic heterocycles. The molecule has 1 atom stereocenters. The first kappa shape index (κ1) is 28.8. The van der Waals surface area contributed by atoms with E-state index in [1.54, 1.807) is 18.2 Å². The lowest BCUT2D eigenvalue weighted by Gasteiger charge is -2.28. The van der Waals surface area contributed by atoms with Crippen molar-refractivity contribution in [3.8, 4) is 11.5 Å². The average molecular weight is 547 g/mol. The number of hydrogen-bond donors (Lipinski definition) is 1. The van der Waals surface area contributed by atoms with Crippen molar-refractivity contribution in [2.75, 3.05) is 32.8 Å². The zero-order chi connectivity index (χ0) is 28.6. The fourth-order valence-corrected chi connectivity index (χ4v) is 4.83. The predicted octanol–water partition coefficient (Wildman–Crippen LogP) is 5.57. The number of aliphatic hydroxyl groups is 1. The van der Waals surface area contributed by atoms with Crippen LogP contribution in [0.25, 0.3) is 5.76 Å². The van der Waals surface area contributed by atoms with Gasteiger partial charge in [0.05, 0.1) is 18.2 Å². The van der Waals surface area contributed by atoms with Crippen LogP contribution in [0.5, 0.6) is 11.5 Å². The molecule has 3 aromatic rings. The molecule has 1 amide bonds. The van der Waals surface area contributed by atoms with Crippen LogP contribution in [0, 0.1) is 5.82 Å². The number of nitrogens with zero attached hydrogens (tertiary/aromatic N) is 2. The Hall–Kier alpha value is -4.17. The minimum absolute atomic E-state index is 0.0449. The van der Waals surface area contributed by atoms with E-state index in [1.165, 1.54) is 29.2 Å². The Labute approximate surface area is 234 Å². The van der Waals surface area contributed by atoms with Gasteiger partial charge in [-0.15, -0.1) is 0 Å². The van der Waals surface area contributed by atoms with E-state index in [2.05, 4.69) is 4.90 Å².